The van der Waals surface area contributed by atoms with Crippen LogP contribution >= 0.6 is 0 Å². The smallest absolute Gasteiger partial charge is 0.225 e. The van der Waals surface area contributed by atoms with Crippen LogP contribution in [-0.4, -0.2) is 11.9 Å². The molecule has 85 valence electrons. The Kier molecular flexibility index (Phi) is 4.29. The summed E-state index contributed by atoms with van der Waals surface area (Å²) >= 11 is 0. The Morgan fingerprint density at radius 3 is 2.75 bits per heavy atom. The van der Waals surface area contributed by atoms with Crippen molar-refractivity contribution >= 4 is 6.29 Å². The van der Waals surface area contributed by atoms with E-state index in [-0.39, 0.29) is 5.60 Å². The molecule has 1 radical (unpaired) electrons. The maximum Gasteiger partial charge on any atom is 0.225 e. The largest absolute Gasteiger partial charge is 0.488 e. The maximum absolute atomic E-state index is 10.0. The SMILES string of the molecule is CC(C)(C)Oc1cccc(C/C=C/[C]=O)c1. The Hall–Kier alpha value is -1.57. The minimum absolute atomic E-state index is 0.189. The molecule has 1 aromatic rings. The summed E-state index contributed by atoms with van der Waals surface area (Å²) in [5, 5.41) is 0. The predicted molar refractivity (Wildman–Crippen MR) is 65.4 cm³/mol. The number of hydrogen-bond acceptors (Lipinski definition) is 2. The lowest BCUT2D eigenvalue weighted by Crippen LogP contribution is -2.22. The van der Waals surface area contributed by atoms with E-state index in [2.05, 4.69) is 0 Å². The molecular weight excluding hydrogens is 200 g/mol. The fourth-order valence-corrected chi connectivity index (χ4v) is 1.33. The van der Waals surface area contributed by atoms with E-state index < -0.39 is 0 Å². The lowest BCUT2D eigenvalue weighted by atomic mass is 10.1. The molecule has 0 bridgehead atoms. The third-order valence-corrected chi connectivity index (χ3v) is 1.86. The molecule has 0 aliphatic carbocycles. The first kappa shape index (κ1) is 12.5. The predicted octanol–water partition coefficient (Wildman–Crippen LogP) is 3.07. The number of ether oxygens (including phenoxy) is 1. The van der Waals surface area contributed by atoms with Crippen molar-refractivity contribution in [3.05, 3.63) is 42.0 Å². The van der Waals surface area contributed by atoms with Crippen LogP contribution in [0.15, 0.2) is 36.4 Å². The van der Waals surface area contributed by atoms with E-state index in [0.29, 0.717) is 0 Å². The fourth-order valence-electron chi connectivity index (χ4n) is 1.33. The molecule has 0 heterocycles. The van der Waals surface area contributed by atoms with E-state index >= 15 is 0 Å². The molecule has 0 aliphatic heterocycles. The van der Waals surface area contributed by atoms with E-state index in [1.807, 2.05) is 45.0 Å². The zero-order valence-electron chi connectivity index (χ0n) is 9.99. The molecule has 1 aromatic carbocycles. The van der Waals surface area contributed by atoms with Crippen molar-refractivity contribution in [1.82, 2.24) is 0 Å². The van der Waals surface area contributed by atoms with Crippen LogP contribution < -0.4 is 4.74 Å². The summed E-state index contributed by atoms with van der Waals surface area (Å²) in [5.74, 6) is 0.855. The second-order valence-electron chi connectivity index (χ2n) is 4.59. The Morgan fingerprint density at radius 2 is 2.12 bits per heavy atom. The molecule has 1 rings (SSSR count). The Morgan fingerprint density at radius 1 is 1.38 bits per heavy atom. The second-order valence-corrected chi connectivity index (χ2v) is 4.59. The van der Waals surface area contributed by atoms with Crippen LogP contribution in [-0.2, 0) is 11.2 Å². The zero-order valence-corrected chi connectivity index (χ0v) is 9.99. The first-order chi connectivity index (χ1) is 7.51. The van der Waals surface area contributed by atoms with Crippen LogP contribution in [0.1, 0.15) is 26.3 Å². The van der Waals surface area contributed by atoms with Gasteiger partial charge in [-0.3, -0.25) is 4.79 Å². The molecule has 0 unspecified atom stereocenters. The van der Waals surface area contributed by atoms with E-state index in [1.165, 1.54) is 6.08 Å². The first-order valence-electron chi connectivity index (χ1n) is 5.32. The van der Waals surface area contributed by atoms with Gasteiger partial charge in [0.15, 0.2) is 0 Å². The van der Waals surface area contributed by atoms with Gasteiger partial charge in [-0.25, -0.2) is 0 Å². The third kappa shape index (κ3) is 4.78. The van der Waals surface area contributed by atoms with Crippen molar-refractivity contribution < 1.29 is 9.53 Å². The molecule has 0 aliphatic rings. The molecule has 2 heteroatoms. The molecule has 0 N–H and O–H groups in total. The van der Waals surface area contributed by atoms with Gasteiger partial charge < -0.3 is 4.74 Å². The summed E-state index contributed by atoms with van der Waals surface area (Å²) in [4.78, 5) is 10.0. The van der Waals surface area contributed by atoms with Gasteiger partial charge in [0.1, 0.15) is 11.4 Å². The zero-order chi connectivity index (χ0) is 12.0. The van der Waals surface area contributed by atoms with Crippen molar-refractivity contribution in [2.24, 2.45) is 0 Å². The number of rotatable bonds is 4. The Bertz CT molecular complexity index is 373. The van der Waals surface area contributed by atoms with Crippen LogP contribution in [0, 0.1) is 0 Å². The minimum Gasteiger partial charge on any atom is -0.488 e. The van der Waals surface area contributed by atoms with Crippen LogP contribution in [0.5, 0.6) is 5.75 Å². The molecule has 0 atom stereocenters. The second kappa shape index (κ2) is 5.50. The maximum atomic E-state index is 10.0. The highest BCUT2D eigenvalue weighted by Gasteiger charge is 2.11. The van der Waals surface area contributed by atoms with E-state index in [1.54, 1.807) is 12.4 Å². The lowest BCUT2D eigenvalue weighted by Gasteiger charge is -2.21. The molecule has 2 nitrogen and oxygen atoms in total. The van der Waals surface area contributed by atoms with Gasteiger partial charge in [-0.2, -0.15) is 0 Å². The van der Waals surface area contributed by atoms with Gasteiger partial charge in [0, 0.05) is 0 Å². The summed E-state index contributed by atoms with van der Waals surface area (Å²) in [6.07, 6.45) is 5.61. The van der Waals surface area contributed by atoms with Crippen molar-refractivity contribution in [1.29, 1.82) is 0 Å². The van der Waals surface area contributed by atoms with Crippen molar-refractivity contribution in [3.63, 3.8) is 0 Å². The van der Waals surface area contributed by atoms with Gasteiger partial charge in [0.25, 0.3) is 0 Å². The number of hydrogen-bond donors (Lipinski definition) is 0. The molecular formula is C14H17O2. The highest BCUT2D eigenvalue weighted by molar-refractivity contribution is 5.65. The summed E-state index contributed by atoms with van der Waals surface area (Å²) < 4.78 is 5.75. The van der Waals surface area contributed by atoms with Gasteiger partial charge in [-0.05, 0) is 51.0 Å². The normalized spacial score (nSPS) is 11.7. The van der Waals surface area contributed by atoms with Gasteiger partial charge in [-0.15, -0.1) is 0 Å². The van der Waals surface area contributed by atoms with E-state index in [0.717, 1.165) is 17.7 Å². The number of carbonyl (C=O) groups excluding carboxylic acids is 1. The van der Waals surface area contributed by atoms with Crippen molar-refractivity contribution in [2.45, 2.75) is 32.8 Å². The molecule has 0 saturated carbocycles. The summed E-state index contributed by atoms with van der Waals surface area (Å²) in [5.41, 5.74) is 0.929. The topological polar surface area (TPSA) is 26.3 Å². The standard InChI is InChI=1S/C14H17O2/c1-14(2,3)16-13-9-6-8-12(11-13)7-4-5-10-15/h4-6,8-9,11H,7H2,1-3H3/b5-4+. The highest BCUT2D eigenvalue weighted by Crippen LogP contribution is 2.19. The molecule has 0 fully saturated rings. The summed E-state index contributed by atoms with van der Waals surface area (Å²) in [6.45, 7) is 6.04. The monoisotopic (exact) mass is 217 g/mol. The van der Waals surface area contributed by atoms with Gasteiger partial charge in [0.2, 0.25) is 6.29 Å². The van der Waals surface area contributed by atoms with Crippen molar-refractivity contribution in [3.8, 4) is 5.75 Å². The van der Waals surface area contributed by atoms with E-state index in [4.69, 9.17) is 4.74 Å². The average molecular weight is 217 g/mol. The third-order valence-electron chi connectivity index (χ3n) is 1.86. The van der Waals surface area contributed by atoms with Gasteiger partial charge in [0.05, 0.1) is 0 Å². The average Bonchev–Trinajstić information content (AvgIpc) is 2.16. The van der Waals surface area contributed by atoms with Gasteiger partial charge in [-0.1, -0.05) is 18.2 Å². The van der Waals surface area contributed by atoms with Gasteiger partial charge >= 0.3 is 0 Å². The first-order valence-corrected chi connectivity index (χ1v) is 5.32. The Balaban J connectivity index is 2.71. The van der Waals surface area contributed by atoms with Crippen LogP contribution in [0.3, 0.4) is 0 Å². The lowest BCUT2D eigenvalue weighted by molar-refractivity contribution is 0.131. The highest BCUT2D eigenvalue weighted by atomic mass is 16.5. The minimum atomic E-state index is -0.189. The van der Waals surface area contributed by atoms with Crippen molar-refractivity contribution in [2.75, 3.05) is 0 Å². The van der Waals surface area contributed by atoms with E-state index in [9.17, 15) is 4.79 Å². The molecule has 16 heavy (non-hydrogen) atoms. The molecule has 0 amide bonds. The molecule has 0 saturated heterocycles. The molecule has 0 aromatic heterocycles. The summed E-state index contributed by atoms with van der Waals surface area (Å²) in [6, 6.07) is 7.88. The van der Waals surface area contributed by atoms with Crippen LogP contribution in [0.4, 0.5) is 0 Å². The fraction of sp³-hybridized carbons (Fsp3) is 0.357. The Labute approximate surface area is 96.9 Å². The number of benzene rings is 1. The number of allylic oxidation sites excluding steroid dienone is 2. The quantitative estimate of drug-likeness (QED) is 0.724. The van der Waals surface area contributed by atoms with Crippen LogP contribution in [0.2, 0.25) is 0 Å². The summed E-state index contributed by atoms with van der Waals surface area (Å²) in [7, 11) is 0. The molecule has 0 spiro atoms. The van der Waals surface area contributed by atoms with Crippen LogP contribution in [0.25, 0.3) is 0 Å².